The molecule has 3 nitrogen and oxygen atoms in total. The third-order valence-corrected chi connectivity index (χ3v) is 4.05. The van der Waals surface area contributed by atoms with E-state index in [1.54, 1.807) is 0 Å². The molecule has 1 aliphatic heterocycles. The lowest BCUT2D eigenvalue weighted by Gasteiger charge is -2.41. The molecule has 0 aromatic carbocycles. The van der Waals surface area contributed by atoms with E-state index >= 15 is 0 Å². The van der Waals surface area contributed by atoms with E-state index in [0.717, 1.165) is 12.8 Å². The summed E-state index contributed by atoms with van der Waals surface area (Å²) in [6, 6.07) is 0.397. The summed E-state index contributed by atoms with van der Waals surface area (Å²) in [5.41, 5.74) is 0.436. The highest BCUT2D eigenvalue weighted by atomic mass is 16.2. The average Bonchev–Trinajstić information content (AvgIpc) is 2.19. The van der Waals surface area contributed by atoms with Crippen LogP contribution in [0.3, 0.4) is 0 Å². The molecule has 0 unspecified atom stereocenters. The first-order chi connectivity index (χ1) is 7.48. The van der Waals surface area contributed by atoms with Gasteiger partial charge in [-0.15, -0.1) is 0 Å². The number of likely N-dealkylation sites (tertiary alicyclic amines) is 1. The number of piperidine rings is 1. The van der Waals surface area contributed by atoms with Crippen LogP contribution in [-0.2, 0) is 9.59 Å². The maximum Gasteiger partial charge on any atom is 0.230 e. The van der Waals surface area contributed by atoms with E-state index in [4.69, 9.17) is 0 Å². The van der Waals surface area contributed by atoms with Crippen LogP contribution < -0.4 is 0 Å². The number of rotatable bonds is 1. The number of carbonyl (C=O) groups excluding carboxylic acids is 2. The largest absolute Gasteiger partial charge is 0.339 e. The summed E-state index contributed by atoms with van der Waals surface area (Å²) in [5, 5.41) is 0. The zero-order valence-corrected chi connectivity index (χ0v) is 10.3. The van der Waals surface area contributed by atoms with Gasteiger partial charge in [-0.05, 0) is 31.1 Å². The molecule has 0 radical (unpaired) electrons. The van der Waals surface area contributed by atoms with Gasteiger partial charge in [-0.25, -0.2) is 0 Å². The lowest BCUT2D eigenvalue weighted by molar-refractivity contribution is -0.142. The second-order valence-electron chi connectivity index (χ2n) is 5.95. The molecule has 0 N–H and O–H groups in total. The predicted octanol–water partition coefficient (Wildman–Crippen LogP) is 2.15. The molecule has 0 atom stereocenters. The summed E-state index contributed by atoms with van der Waals surface area (Å²) in [6.45, 7) is 5.25. The number of amides is 1. The highest BCUT2D eigenvalue weighted by molar-refractivity contribution is 6.00. The van der Waals surface area contributed by atoms with Gasteiger partial charge in [-0.3, -0.25) is 9.59 Å². The Kier molecular flexibility index (Phi) is 3.04. The average molecular weight is 223 g/mol. The fourth-order valence-corrected chi connectivity index (χ4v) is 2.81. The summed E-state index contributed by atoms with van der Waals surface area (Å²) >= 11 is 0. The van der Waals surface area contributed by atoms with E-state index in [9.17, 15) is 9.59 Å². The lowest BCUT2D eigenvalue weighted by atomic mass is 9.75. The molecule has 2 rings (SSSR count). The fraction of sp³-hybridized carbons (Fsp3) is 0.846. The third kappa shape index (κ3) is 2.45. The molecule has 0 bridgehead atoms. The molecule has 90 valence electrons. The topological polar surface area (TPSA) is 37.4 Å². The van der Waals surface area contributed by atoms with Gasteiger partial charge in [0, 0.05) is 19.0 Å². The summed E-state index contributed by atoms with van der Waals surface area (Å²) in [6.07, 6.45) is 5.29. The number of hydrogen-bond donors (Lipinski definition) is 0. The number of hydrogen-bond acceptors (Lipinski definition) is 2. The van der Waals surface area contributed by atoms with Crippen molar-refractivity contribution >= 4 is 11.7 Å². The molecule has 0 aromatic heterocycles. The van der Waals surface area contributed by atoms with Gasteiger partial charge < -0.3 is 4.90 Å². The smallest absolute Gasteiger partial charge is 0.230 e. The second kappa shape index (κ2) is 4.19. The molecule has 1 heterocycles. The number of ketones is 1. The van der Waals surface area contributed by atoms with Crippen molar-refractivity contribution in [3.63, 3.8) is 0 Å². The molecule has 2 aliphatic rings. The van der Waals surface area contributed by atoms with Crippen molar-refractivity contribution in [3.8, 4) is 0 Å². The first-order valence-corrected chi connectivity index (χ1v) is 6.29. The van der Waals surface area contributed by atoms with Crippen LogP contribution in [0.4, 0.5) is 0 Å². The zero-order chi connectivity index (χ0) is 11.8. The van der Waals surface area contributed by atoms with Crippen LogP contribution >= 0.6 is 0 Å². The van der Waals surface area contributed by atoms with E-state index in [1.807, 2.05) is 4.90 Å². The van der Waals surface area contributed by atoms with Crippen LogP contribution in [0, 0.1) is 5.41 Å². The van der Waals surface area contributed by atoms with Gasteiger partial charge in [-0.1, -0.05) is 13.8 Å². The van der Waals surface area contributed by atoms with Crippen LogP contribution in [-0.4, -0.2) is 29.2 Å². The van der Waals surface area contributed by atoms with E-state index in [2.05, 4.69) is 13.8 Å². The van der Waals surface area contributed by atoms with E-state index < -0.39 is 0 Å². The zero-order valence-electron chi connectivity index (χ0n) is 10.3. The lowest BCUT2D eigenvalue weighted by Crippen LogP contribution is -2.47. The summed E-state index contributed by atoms with van der Waals surface area (Å²) in [4.78, 5) is 24.9. The third-order valence-electron chi connectivity index (χ3n) is 4.05. The normalized spacial score (nSPS) is 27.2. The molecule has 1 amide bonds. The first kappa shape index (κ1) is 11.6. The molecule has 2 fully saturated rings. The number of Topliss-reactive ketones (excluding diaryl/α,β-unsaturated/α-hetero) is 1. The van der Waals surface area contributed by atoms with Gasteiger partial charge in [0.2, 0.25) is 5.91 Å². The fourth-order valence-electron chi connectivity index (χ4n) is 2.81. The van der Waals surface area contributed by atoms with Gasteiger partial charge in [0.25, 0.3) is 0 Å². The SMILES string of the molecule is CC1(C)CCC(N2CCC(=O)CC2=O)CC1. The maximum atomic E-state index is 11.8. The van der Waals surface area contributed by atoms with E-state index in [1.165, 1.54) is 12.8 Å². The first-order valence-electron chi connectivity index (χ1n) is 6.29. The summed E-state index contributed by atoms with van der Waals surface area (Å²) in [5.74, 6) is 0.165. The Morgan fingerprint density at radius 1 is 1.19 bits per heavy atom. The van der Waals surface area contributed by atoms with Crippen molar-refractivity contribution in [3.05, 3.63) is 0 Å². The Morgan fingerprint density at radius 2 is 1.81 bits per heavy atom. The Balaban J connectivity index is 1.94. The Morgan fingerprint density at radius 3 is 2.38 bits per heavy atom. The van der Waals surface area contributed by atoms with Crippen molar-refractivity contribution in [1.29, 1.82) is 0 Å². The summed E-state index contributed by atoms with van der Waals surface area (Å²) in [7, 11) is 0. The van der Waals surface area contributed by atoms with Gasteiger partial charge in [0.15, 0.2) is 0 Å². The van der Waals surface area contributed by atoms with Gasteiger partial charge in [0.1, 0.15) is 5.78 Å². The quantitative estimate of drug-likeness (QED) is 0.639. The molecule has 1 aliphatic carbocycles. The van der Waals surface area contributed by atoms with E-state index in [-0.39, 0.29) is 18.1 Å². The van der Waals surface area contributed by atoms with Gasteiger partial charge in [0.05, 0.1) is 6.42 Å². The van der Waals surface area contributed by atoms with Crippen molar-refractivity contribution in [2.75, 3.05) is 6.54 Å². The predicted molar refractivity (Wildman–Crippen MR) is 62.0 cm³/mol. The molecular weight excluding hydrogens is 202 g/mol. The monoisotopic (exact) mass is 223 g/mol. The number of carbonyl (C=O) groups is 2. The minimum absolute atomic E-state index is 0.0564. The van der Waals surface area contributed by atoms with Crippen LogP contribution in [0.2, 0.25) is 0 Å². The van der Waals surface area contributed by atoms with Gasteiger partial charge in [-0.2, -0.15) is 0 Å². The second-order valence-corrected chi connectivity index (χ2v) is 5.95. The van der Waals surface area contributed by atoms with Crippen LogP contribution in [0.5, 0.6) is 0 Å². The molecule has 1 saturated carbocycles. The van der Waals surface area contributed by atoms with Crippen LogP contribution in [0.15, 0.2) is 0 Å². The Bertz CT molecular complexity index is 299. The summed E-state index contributed by atoms with van der Waals surface area (Å²) < 4.78 is 0. The molecule has 0 aromatic rings. The highest BCUT2D eigenvalue weighted by Crippen LogP contribution is 2.37. The van der Waals surface area contributed by atoms with Crippen molar-refractivity contribution in [2.24, 2.45) is 5.41 Å². The van der Waals surface area contributed by atoms with Crippen molar-refractivity contribution in [1.82, 2.24) is 4.90 Å². The van der Waals surface area contributed by atoms with Crippen molar-refractivity contribution in [2.45, 2.75) is 58.4 Å². The minimum Gasteiger partial charge on any atom is -0.339 e. The Hall–Kier alpha value is -0.860. The maximum absolute atomic E-state index is 11.8. The molecular formula is C13H21NO2. The van der Waals surface area contributed by atoms with Crippen LogP contribution in [0.1, 0.15) is 52.4 Å². The van der Waals surface area contributed by atoms with E-state index in [0.29, 0.717) is 24.4 Å². The van der Waals surface area contributed by atoms with Crippen molar-refractivity contribution < 1.29 is 9.59 Å². The van der Waals surface area contributed by atoms with Gasteiger partial charge >= 0.3 is 0 Å². The molecule has 3 heteroatoms. The molecule has 0 spiro atoms. The molecule has 16 heavy (non-hydrogen) atoms. The minimum atomic E-state index is 0.0564. The van der Waals surface area contributed by atoms with Crippen LogP contribution in [0.25, 0.3) is 0 Å². The number of nitrogens with zero attached hydrogens (tertiary/aromatic N) is 1. The standard InChI is InChI=1S/C13H21NO2/c1-13(2)6-3-10(4-7-13)14-8-5-11(15)9-12(14)16/h10H,3-9H2,1-2H3. The Labute approximate surface area is 97.2 Å². The molecule has 1 saturated heterocycles. The highest BCUT2D eigenvalue weighted by Gasteiger charge is 2.34.